The van der Waals surface area contributed by atoms with Gasteiger partial charge in [-0.25, -0.2) is 0 Å². The summed E-state index contributed by atoms with van der Waals surface area (Å²) < 4.78 is 0. The highest BCUT2D eigenvalue weighted by Gasteiger charge is 2.23. The van der Waals surface area contributed by atoms with E-state index in [2.05, 4.69) is 10.5 Å². The second-order valence-corrected chi connectivity index (χ2v) is 6.16. The van der Waals surface area contributed by atoms with E-state index in [0.29, 0.717) is 0 Å². The first kappa shape index (κ1) is 17.2. The van der Waals surface area contributed by atoms with Gasteiger partial charge in [0.25, 0.3) is 0 Å². The Kier molecular flexibility index (Phi) is 7.32. The molecule has 23 heavy (non-hydrogen) atoms. The molecule has 1 aliphatic carbocycles. The summed E-state index contributed by atoms with van der Waals surface area (Å²) in [6, 6.07) is 11.4. The van der Waals surface area contributed by atoms with Crippen molar-refractivity contribution in [1.82, 2.24) is 0 Å². The van der Waals surface area contributed by atoms with Crippen LogP contribution in [-0.2, 0) is 4.79 Å². The lowest BCUT2D eigenvalue weighted by Crippen LogP contribution is -2.24. The molecule has 0 radical (unpaired) electrons. The van der Waals surface area contributed by atoms with E-state index in [1.54, 1.807) is 0 Å². The van der Waals surface area contributed by atoms with Crippen molar-refractivity contribution in [2.45, 2.75) is 57.8 Å². The van der Waals surface area contributed by atoms with Crippen molar-refractivity contribution in [3.63, 3.8) is 0 Å². The summed E-state index contributed by atoms with van der Waals surface area (Å²) in [7, 11) is 0. The zero-order valence-corrected chi connectivity index (χ0v) is 13.6. The Hall–Kier alpha value is -2.15. The Bertz CT molecular complexity index is 550. The zero-order valence-electron chi connectivity index (χ0n) is 13.6. The molecule has 0 bridgehead atoms. The van der Waals surface area contributed by atoms with Gasteiger partial charge in [-0.15, -0.1) is 0 Å². The van der Waals surface area contributed by atoms with E-state index in [1.807, 2.05) is 36.4 Å². The molecule has 0 spiro atoms. The second-order valence-electron chi connectivity index (χ2n) is 6.16. The van der Waals surface area contributed by atoms with Crippen molar-refractivity contribution in [1.29, 1.82) is 5.26 Å². The minimum Gasteiger partial charge on any atom is -0.291 e. The highest BCUT2D eigenvalue weighted by molar-refractivity contribution is 6.46. The van der Waals surface area contributed by atoms with Crippen LogP contribution in [-0.4, -0.2) is 11.5 Å². The van der Waals surface area contributed by atoms with Crippen molar-refractivity contribution < 1.29 is 4.79 Å². The number of nitriles is 1. The molecule has 0 saturated heterocycles. The maximum Gasteiger partial charge on any atom is 0.203 e. The van der Waals surface area contributed by atoms with Gasteiger partial charge in [0.2, 0.25) is 5.71 Å². The SMILES string of the molecule is N#C/C(=N\Nc1ccccc1)C(=O)C1CCCCCCCCC1. The van der Waals surface area contributed by atoms with Gasteiger partial charge in [0.1, 0.15) is 6.07 Å². The molecule has 0 heterocycles. The Morgan fingerprint density at radius 1 is 1.00 bits per heavy atom. The summed E-state index contributed by atoms with van der Waals surface area (Å²) >= 11 is 0. The summed E-state index contributed by atoms with van der Waals surface area (Å²) in [6.45, 7) is 0. The summed E-state index contributed by atoms with van der Waals surface area (Å²) in [6.07, 6.45) is 10.1. The van der Waals surface area contributed by atoms with Crippen molar-refractivity contribution in [3.8, 4) is 6.07 Å². The number of benzene rings is 1. The smallest absolute Gasteiger partial charge is 0.203 e. The molecule has 1 aliphatic rings. The predicted octanol–water partition coefficient (Wildman–Crippen LogP) is 4.69. The topological polar surface area (TPSA) is 65.2 Å². The first-order valence-electron chi connectivity index (χ1n) is 8.64. The fraction of sp³-hybridized carbons (Fsp3) is 0.526. The predicted molar refractivity (Wildman–Crippen MR) is 93.2 cm³/mol. The lowest BCUT2D eigenvalue weighted by molar-refractivity contribution is -0.116. The van der Waals surface area contributed by atoms with E-state index in [9.17, 15) is 10.1 Å². The van der Waals surface area contributed by atoms with Crippen molar-refractivity contribution in [2.75, 3.05) is 5.43 Å². The van der Waals surface area contributed by atoms with Gasteiger partial charge in [0, 0.05) is 5.92 Å². The maximum atomic E-state index is 12.6. The highest BCUT2D eigenvalue weighted by atomic mass is 16.1. The lowest BCUT2D eigenvalue weighted by Gasteiger charge is -2.16. The standard InChI is InChI=1S/C19H25N3O/c20-15-18(22-21-17-13-9-6-10-14-17)19(23)16-11-7-4-2-1-3-5-8-12-16/h6,9-10,13-14,16,21H,1-5,7-8,11-12H2/b22-18+. The number of hydrogen-bond acceptors (Lipinski definition) is 4. The van der Waals surface area contributed by atoms with Gasteiger partial charge in [0.15, 0.2) is 5.78 Å². The van der Waals surface area contributed by atoms with Crippen molar-refractivity contribution >= 4 is 17.2 Å². The third kappa shape index (κ3) is 5.86. The molecule has 122 valence electrons. The van der Waals surface area contributed by atoms with Gasteiger partial charge in [0.05, 0.1) is 5.69 Å². The van der Waals surface area contributed by atoms with E-state index in [1.165, 1.54) is 32.1 Å². The largest absolute Gasteiger partial charge is 0.291 e. The van der Waals surface area contributed by atoms with Crippen molar-refractivity contribution in [3.05, 3.63) is 30.3 Å². The zero-order chi connectivity index (χ0) is 16.3. The minimum atomic E-state index is -0.100. The van der Waals surface area contributed by atoms with E-state index >= 15 is 0 Å². The van der Waals surface area contributed by atoms with Crippen LogP contribution in [0.4, 0.5) is 5.69 Å². The maximum absolute atomic E-state index is 12.6. The van der Waals surface area contributed by atoms with Gasteiger partial charge in [-0.1, -0.05) is 63.1 Å². The van der Waals surface area contributed by atoms with Crippen LogP contribution in [0.1, 0.15) is 57.8 Å². The molecule has 1 aromatic rings. The number of carbonyl (C=O) groups is 1. The Balaban J connectivity index is 2.00. The lowest BCUT2D eigenvalue weighted by atomic mass is 9.88. The molecule has 4 heteroatoms. The van der Waals surface area contributed by atoms with Gasteiger partial charge in [-0.05, 0) is 25.0 Å². The van der Waals surface area contributed by atoms with Gasteiger partial charge in [-0.3, -0.25) is 10.2 Å². The van der Waals surface area contributed by atoms with E-state index in [4.69, 9.17) is 0 Å². The molecule has 0 atom stereocenters. The monoisotopic (exact) mass is 311 g/mol. The van der Waals surface area contributed by atoms with Crippen LogP contribution < -0.4 is 5.43 Å². The summed E-state index contributed by atoms with van der Waals surface area (Å²) in [4.78, 5) is 12.6. The van der Waals surface area contributed by atoms with Crippen LogP contribution in [0.3, 0.4) is 0 Å². The molecule has 0 aliphatic heterocycles. The number of Topliss-reactive ketones (excluding diaryl/α,β-unsaturated/α-hetero) is 1. The Labute approximate surface area is 138 Å². The Morgan fingerprint density at radius 3 is 2.13 bits per heavy atom. The minimum absolute atomic E-state index is 0.00378. The third-order valence-electron chi connectivity index (χ3n) is 4.39. The second kappa shape index (κ2) is 9.78. The average molecular weight is 311 g/mol. The molecular formula is C19H25N3O. The van der Waals surface area contributed by atoms with E-state index in [-0.39, 0.29) is 17.4 Å². The van der Waals surface area contributed by atoms with Crippen LogP contribution in [0.15, 0.2) is 35.4 Å². The summed E-state index contributed by atoms with van der Waals surface area (Å²) in [5, 5.41) is 13.3. The van der Waals surface area contributed by atoms with Gasteiger partial charge >= 0.3 is 0 Å². The number of anilines is 1. The molecule has 2 rings (SSSR count). The van der Waals surface area contributed by atoms with Crippen LogP contribution >= 0.6 is 0 Å². The fourth-order valence-electron chi connectivity index (χ4n) is 3.03. The number of rotatable bonds is 4. The van der Waals surface area contributed by atoms with Crippen molar-refractivity contribution in [2.24, 2.45) is 11.0 Å². The number of hydrogen-bond donors (Lipinski definition) is 1. The van der Waals surface area contributed by atoms with Gasteiger partial charge < -0.3 is 0 Å². The molecule has 0 unspecified atom stereocenters. The molecular weight excluding hydrogens is 286 g/mol. The molecule has 0 aromatic heterocycles. The molecule has 1 N–H and O–H groups in total. The van der Waals surface area contributed by atoms with Gasteiger partial charge in [-0.2, -0.15) is 10.4 Å². The quantitative estimate of drug-likeness (QED) is 0.648. The summed E-state index contributed by atoms with van der Waals surface area (Å²) in [5.74, 6) is -0.152. The molecule has 0 amide bonds. The molecule has 1 fully saturated rings. The van der Waals surface area contributed by atoms with E-state index in [0.717, 1.165) is 31.4 Å². The number of ketones is 1. The number of para-hydroxylation sites is 1. The number of nitrogens with one attached hydrogen (secondary N) is 1. The first-order valence-corrected chi connectivity index (χ1v) is 8.64. The number of nitrogens with zero attached hydrogens (tertiary/aromatic N) is 2. The van der Waals surface area contributed by atoms with Crippen LogP contribution in [0, 0.1) is 17.2 Å². The molecule has 1 aromatic carbocycles. The normalized spacial score (nSPS) is 18.0. The fourth-order valence-corrected chi connectivity index (χ4v) is 3.03. The first-order chi connectivity index (χ1) is 11.3. The average Bonchev–Trinajstić information content (AvgIpc) is 2.60. The third-order valence-corrected chi connectivity index (χ3v) is 4.39. The highest BCUT2D eigenvalue weighted by Crippen LogP contribution is 2.22. The summed E-state index contributed by atoms with van der Waals surface area (Å²) in [5.41, 5.74) is 3.58. The van der Waals surface area contributed by atoms with Crippen LogP contribution in [0.2, 0.25) is 0 Å². The van der Waals surface area contributed by atoms with Crippen LogP contribution in [0.25, 0.3) is 0 Å². The molecule has 1 saturated carbocycles. The Morgan fingerprint density at radius 2 is 1.57 bits per heavy atom. The molecule has 4 nitrogen and oxygen atoms in total. The number of carbonyl (C=O) groups excluding carboxylic acids is 1. The van der Waals surface area contributed by atoms with E-state index < -0.39 is 0 Å². The van der Waals surface area contributed by atoms with Crippen LogP contribution in [0.5, 0.6) is 0 Å². The number of hydrazone groups is 1.